The van der Waals surface area contributed by atoms with E-state index in [-0.39, 0.29) is 30.7 Å². The topological polar surface area (TPSA) is 86.7 Å². The number of carbonyl (C=O) groups is 3. The molecule has 6 heteroatoms. The number of benzene rings is 2. The molecule has 1 saturated heterocycles. The summed E-state index contributed by atoms with van der Waals surface area (Å²) in [7, 11) is 0. The van der Waals surface area contributed by atoms with E-state index in [9.17, 15) is 19.5 Å². The van der Waals surface area contributed by atoms with Gasteiger partial charge in [-0.2, -0.15) is 0 Å². The molecule has 0 bridgehead atoms. The predicted molar refractivity (Wildman–Crippen MR) is 104 cm³/mol. The predicted octanol–water partition coefficient (Wildman–Crippen LogP) is 2.41. The second kappa shape index (κ2) is 8.69. The van der Waals surface area contributed by atoms with E-state index in [4.69, 9.17) is 0 Å². The molecule has 2 amide bonds. The molecule has 1 heterocycles. The lowest BCUT2D eigenvalue weighted by molar-refractivity contribution is -0.142. The minimum atomic E-state index is -1.09. The number of nitrogens with zero attached hydrogens (tertiary/aromatic N) is 1. The zero-order chi connectivity index (χ0) is 20.1. The van der Waals surface area contributed by atoms with Crippen molar-refractivity contribution in [3.63, 3.8) is 0 Å². The van der Waals surface area contributed by atoms with Gasteiger partial charge in [0, 0.05) is 19.4 Å². The molecule has 2 N–H and O–H groups in total. The van der Waals surface area contributed by atoms with E-state index < -0.39 is 17.9 Å². The highest BCUT2D eigenvalue weighted by Gasteiger charge is 2.38. The monoisotopic (exact) mass is 380 g/mol. The van der Waals surface area contributed by atoms with E-state index in [0.29, 0.717) is 6.54 Å². The molecule has 1 aliphatic heterocycles. The lowest BCUT2D eigenvalue weighted by Gasteiger charge is -2.25. The van der Waals surface area contributed by atoms with Gasteiger partial charge in [-0.1, -0.05) is 60.7 Å². The minimum absolute atomic E-state index is 0.0913. The Morgan fingerprint density at radius 3 is 2.32 bits per heavy atom. The molecule has 0 aliphatic carbocycles. The Morgan fingerprint density at radius 1 is 1.11 bits per heavy atom. The number of rotatable bonds is 7. The third-order valence-corrected chi connectivity index (χ3v) is 5.18. The van der Waals surface area contributed by atoms with Crippen LogP contribution in [-0.4, -0.2) is 40.4 Å². The largest absolute Gasteiger partial charge is 0.480 e. The van der Waals surface area contributed by atoms with Gasteiger partial charge in [-0.25, -0.2) is 4.79 Å². The second-order valence-corrected chi connectivity index (χ2v) is 7.12. The Kier molecular flexibility index (Phi) is 6.09. The molecular formula is C22H24N2O4. The van der Waals surface area contributed by atoms with Gasteiger partial charge >= 0.3 is 5.97 Å². The molecule has 0 aromatic heterocycles. The summed E-state index contributed by atoms with van der Waals surface area (Å²) in [6.07, 6.45) is 0.299. The third-order valence-electron chi connectivity index (χ3n) is 5.18. The highest BCUT2D eigenvalue weighted by molar-refractivity contribution is 5.91. The lowest BCUT2D eigenvalue weighted by Crippen LogP contribution is -2.45. The van der Waals surface area contributed by atoms with Crippen LogP contribution in [-0.2, 0) is 20.8 Å². The van der Waals surface area contributed by atoms with Crippen LogP contribution in [0.25, 0.3) is 0 Å². The molecule has 0 saturated carbocycles. The Bertz CT molecular complexity index is 838. The maximum Gasteiger partial charge on any atom is 0.326 e. The molecule has 2 unspecified atom stereocenters. The lowest BCUT2D eigenvalue weighted by atomic mass is 10.0. The minimum Gasteiger partial charge on any atom is -0.480 e. The van der Waals surface area contributed by atoms with Crippen molar-refractivity contribution in [1.82, 2.24) is 10.2 Å². The summed E-state index contributed by atoms with van der Waals surface area (Å²) in [5.74, 6) is -2.11. The van der Waals surface area contributed by atoms with Gasteiger partial charge in [0.1, 0.15) is 6.04 Å². The first-order valence-corrected chi connectivity index (χ1v) is 9.37. The highest BCUT2D eigenvalue weighted by Crippen LogP contribution is 2.28. The van der Waals surface area contributed by atoms with E-state index in [0.717, 1.165) is 11.1 Å². The molecule has 146 valence electrons. The summed E-state index contributed by atoms with van der Waals surface area (Å²) < 4.78 is 0. The summed E-state index contributed by atoms with van der Waals surface area (Å²) in [5.41, 5.74) is 1.83. The van der Waals surface area contributed by atoms with Crippen LogP contribution in [0.5, 0.6) is 0 Å². The van der Waals surface area contributed by atoms with Crippen LogP contribution >= 0.6 is 0 Å². The van der Waals surface area contributed by atoms with E-state index >= 15 is 0 Å². The number of carboxylic acid groups (broad SMARTS) is 1. The second-order valence-electron chi connectivity index (χ2n) is 7.12. The molecule has 2 aromatic carbocycles. The molecule has 3 atom stereocenters. The van der Waals surface area contributed by atoms with Crippen molar-refractivity contribution in [2.45, 2.75) is 31.8 Å². The van der Waals surface area contributed by atoms with Crippen LogP contribution in [0.15, 0.2) is 60.7 Å². The van der Waals surface area contributed by atoms with Gasteiger partial charge in [-0.15, -0.1) is 0 Å². The van der Waals surface area contributed by atoms with Crippen molar-refractivity contribution in [3.8, 4) is 0 Å². The number of hydrogen-bond acceptors (Lipinski definition) is 3. The summed E-state index contributed by atoms with van der Waals surface area (Å²) in [5, 5.41) is 12.1. The van der Waals surface area contributed by atoms with Crippen molar-refractivity contribution >= 4 is 17.8 Å². The van der Waals surface area contributed by atoms with Crippen molar-refractivity contribution < 1.29 is 19.5 Å². The quantitative estimate of drug-likeness (QED) is 0.772. The van der Waals surface area contributed by atoms with E-state index in [2.05, 4.69) is 5.32 Å². The van der Waals surface area contributed by atoms with Gasteiger partial charge < -0.3 is 15.3 Å². The molecule has 2 aromatic rings. The van der Waals surface area contributed by atoms with Crippen molar-refractivity contribution in [3.05, 3.63) is 71.8 Å². The smallest absolute Gasteiger partial charge is 0.326 e. The molecule has 6 nitrogen and oxygen atoms in total. The molecule has 3 rings (SSSR count). The van der Waals surface area contributed by atoms with Crippen LogP contribution in [0, 0.1) is 5.92 Å². The van der Waals surface area contributed by atoms with Crippen LogP contribution in [0.4, 0.5) is 0 Å². The molecule has 0 spiro atoms. The SMILES string of the molecule is CC(c1ccccc1)N1CC(C(=O)N[C@@H](Cc2ccccc2)C(=O)O)CC1=O. The van der Waals surface area contributed by atoms with E-state index in [1.807, 2.05) is 67.6 Å². The number of aliphatic carboxylic acids is 1. The van der Waals surface area contributed by atoms with Crippen LogP contribution in [0.3, 0.4) is 0 Å². The summed E-state index contributed by atoms with van der Waals surface area (Å²) >= 11 is 0. The zero-order valence-corrected chi connectivity index (χ0v) is 15.7. The Labute approximate surface area is 164 Å². The molecule has 1 aliphatic rings. The average Bonchev–Trinajstić information content (AvgIpc) is 3.10. The van der Waals surface area contributed by atoms with Gasteiger partial charge in [0.2, 0.25) is 11.8 Å². The van der Waals surface area contributed by atoms with Gasteiger partial charge in [-0.3, -0.25) is 9.59 Å². The standard InChI is InChI=1S/C22H24N2O4/c1-15(17-10-6-3-7-11-17)24-14-18(13-20(24)25)21(26)23-19(22(27)28)12-16-8-4-2-5-9-16/h2-11,15,18-19H,12-14H2,1H3,(H,23,26)(H,27,28)/t15?,18?,19-/m0/s1. The Hall–Kier alpha value is -3.15. The fourth-order valence-electron chi connectivity index (χ4n) is 3.53. The van der Waals surface area contributed by atoms with Gasteiger partial charge in [-0.05, 0) is 18.1 Å². The summed E-state index contributed by atoms with van der Waals surface area (Å²) in [6, 6.07) is 17.6. The van der Waals surface area contributed by atoms with Gasteiger partial charge in [0.05, 0.1) is 12.0 Å². The summed E-state index contributed by atoms with van der Waals surface area (Å²) in [6.45, 7) is 2.22. The zero-order valence-electron chi connectivity index (χ0n) is 15.7. The van der Waals surface area contributed by atoms with Crippen LogP contribution in [0.2, 0.25) is 0 Å². The van der Waals surface area contributed by atoms with Crippen molar-refractivity contribution in [2.24, 2.45) is 5.92 Å². The molecular weight excluding hydrogens is 356 g/mol. The Morgan fingerprint density at radius 2 is 1.71 bits per heavy atom. The fourth-order valence-corrected chi connectivity index (χ4v) is 3.53. The van der Waals surface area contributed by atoms with Crippen LogP contribution < -0.4 is 5.32 Å². The number of nitrogens with one attached hydrogen (secondary N) is 1. The van der Waals surface area contributed by atoms with Crippen molar-refractivity contribution in [1.29, 1.82) is 0 Å². The Balaban J connectivity index is 1.64. The third kappa shape index (κ3) is 4.57. The number of carboxylic acids is 1. The molecule has 0 radical (unpaired) electrons. The first-order chi connectivity index (χ1) is 13.5. The average molecular weight is 380 g/mol. The number of hydrogen-bond donors (Lipinski definition) is 2. The normalized spacial score (nSPS) is 18.5. The molecule has 28 heavy (non-hydrogen) atoms. The maximum absolute atomic E-state index is 12.6. The van der Waals surface area contributed by atoms with E-state index in [1.54, 1.807) is 4.90 Å². The number of likely N-dealkylation sites (tertiary alicyclic amines) is 1. The first-order valence-electron chi connectivity index (χ1n) is 9.37. The number of carbonyl (C=O) groups excluding carboxylic acids is 2. The van der Waals surface area contributed by atoms with E-state index in [1.165, 1.54) is 0 Å². The first kappa shape index (κ1) is 19.6. The maximum atomic E-state index is 12.6. The highest BCUT2D eigenvalue weighted by atomic mass is 16.4. The van der Waals surface area contributed by atoms with Crippen molar-refractivity contribution in [2.75, 3.05) is 6.54 Å². The fraction of sp³-hybridized carbons (Fsp3) is 0.318. The van der Waals surface area contributed by atoms with Crippen LogP contribution in [0.1, 0.15) is 30.5 Å². The molecule has 1 fully saturated rings. The summed E-state index contributed by atoms with van der Waals surface area (Å²) in [4.78, 5) is 38.4. The number of amides is 2. The van der Waals surface area contributed by atoms with Gasteiger partial charge in [0.15, 0.2) is 0 Å². The van der Waals surface area contributed by atoms with Gasteiger partial charge in [0.25, 0.3) is 0 Å².